The van der Waals surface area contributed by atoms with E-state index in [9.17, 15) is 4.79 Å². The van der Waals surface area contributed by atoms with E-state index in [-0.39, 0.29) is 18.8 Å². The number of aliphatic hydroxyl groups is 2. The van der Waals surface area contributed by atoms with Gasteiger partial charge in [-0.1, -0.05) is 18.2 Å². The van der Waals surface area contributed by atoms with Crippen molar-refractivity contribution >= 4 is 16.6 Å². The van der Waals surface area contributed by atoms with E-state index >= 15 is 0 Å². The third kappa shape index (κ3) is 2.52. The Morgan fingerprint density at radius 1 is 1.11 bits per heavy atom. The highest BCUT2D eigenvalue weighted by atomic mass is 16.3. The first-order valence-electron chi connectivity index (χ1n) is 5.85. The SMILES string of the molecule is O=c1[nH]c(N(CCO)CCO)cc2ccccc12. The molecule has 96 valence electrons. The summed E-state index contributed by atoms with van der Waals surface area (Å²) in [5.74, 6) is 0.613. The number of benzene rings is 1. The Labute approximate surface area is 104 Å². The molecule has 0 unspecified atom stereocenters. The molecule has 0 radical (unpaired) electrons. The highest BCUT2D eigenvalue weighted by molar-refractivity contribution is 5.83. The maximum atomic E-state index is 11.9. The lowest BCUT2D eigenvalue weighted by atomic mass is 10.2. The van der Waals surface area contributed by atoms with Gasteiger partial charge in [0.25, 0.3) is 5.56 Å². The van der Waals surface area contributed by atoms with Gasteiger partial charge in [0.15, 0.2) is 0 Å². The minimum atomic E-state index is -0.163. The number of nitrogens with zero attached hydrogens (tertiary/aromatic N) is 1. The van der Waals surface area contributed by atoms with Crippen LogP contribution in [0.5, 0.6) is 0 Å². The molecule has 0 bridgehead atoms. The molecule has 5 heteroatoms. The summed E-state index contributed by atoms with van der Waals surface area (Å²) in [6.45, 7) is 0.674. The minimum Gasteiger partial charge on any atom is -0.395 e. The average Bonchev–Trinajstić information content (AvgIpc) is 2.38. The Morgan fingerprint density at radius 2 is 1.78 bits per heavy atom. The third-order valence-electron chi connectivity index (χ3n) is 2.82. The number of rotatable bonds is 5. The fourth-order valence-corrected chi connectivity index (χ4v) is 1.96. The molecule has 5 nitrogen and oxygen atoms in total. The van der Waals surface area contributed by atoms with Crippen LogP contribution in [0.2, 0.25) is 0 Å². The number of fused-ring (bicyclic) bond motifs is 1. The van der Waals surface area contributed by atoms with Crippen molar-refractivity contribution in [3.63, 3.8) is 0 Å². The van der Waals surface area contributed by atoms with Gasteiger partial charge in [-0.05, 0) is 17.5 Å². The molecular weight excluding hydrogens is 232 g/mol. The lowest BCUT2D eigenvalue weighted by Crippen LogP contribution is -2.31. The number of hydrogen-bond donors (Lipinski definition) is 3. The number of aromatic nitrogens is 1. The molecule has 0 aliphatic carbocycles. The van der Waals surface area contributed by atoms with Crippen LogP contribution in [0.3, 0.4) is 0 Å². The predicted octanol–water partition coefficient (Wildman–Crippen LogP) is 0.319. The second-order valence-corrected chi connectivity index (χ2v) is 4.01. The molecule has 2 aromatic rings. The molecule has 0 saturated heterocycles. The number of nitrogens with one attached hydrogen (secondary N) is 1. The smallest absolute Gasteiger partial charge is 0.257 e. The van der Waals surface area contributed by atoms with E-state index in [2.05, 4.69) is 4.98 Å². The van der Waals surface area contributed by atoms with Gasteiger partial charge in [0.05, 0.1) is 13.2 Å². The fraction of sp³-hybridized carbons (Fsp3) is 0.308. The summed E-state index contributed by atoms with van der Waals surface area (Å²) >= 11 is 0. The van der Waals surface area contributed by atoms with Gasteiger partial charge in [-0.25, -0.2) is 0 Å². The van der Waals surface area contributed by atoms with Crippen LogP contribution < -0.4 is 10.5 Å². The van der Waals surface area contributed by atoms with Crippen LogP contribution in [0.15, 0.2) is 35.1 Å². The number of anilines is 1. The zero-order chi connectivity index (χ0) is 13.0. The largest absolute Gasteiger partial charge is 0.395 e. The lowest BCUT2D eigenvalue weighted by molar-refractivity contribution is 0.280. The van der Waals surface area contributed by atoms with Crippen molar-refractivity contribution in [2.45, 2.75) is 0 Å². The zero-order valence-corrected chi connectivity index (χ0v) is 9.97. The Morgan fingerprint density at radius 3 is 2.44 bits per heavy atom. The molecule has 0 saturated carbocycles. The second kappa shape index (κ2) is 5.66. The first-order chi connectivity index (χ1) is 8.76. The van der Waals surface area contributed by atoms with Crippen molar-refractivity contribution < 1.29 is 10.2 Å². The van der Waals surface area contributed by atoms with E-state index in [1.165, 1.54) is 0 Å². The Bertz CT molecular complexity index is 574. The number of hydrogen-bond acceptors (Lipinski definition) is 4. The molecule has 2 rings (SSSR count). The van der Waals surface area contributed by atoms with E-state index in [4.69, 9.17) is 10.2 Å². The first kappa shape index (κ1) is 12.6. The monoisotopic (exact) mass is 248 g/mol. The molecule has 1 aromatic heterocycles. The van der Waals surface area contributed by atoms with Gasteiger partial charge in [0.1, 0.15) is 5.82 Å². The first-order valence-corrected chi connectivity index (χ1v) is 5.85. The molecule has 0 amide bonds. The summed E-state index contributed by atoms with van der Waals surface area (Å²) in [6.07, 6.45) is 0. The van der Waals surface area contributed by atoms with Gasteiger partial charge in [0.2, 0.25) is 0 Å². The van der Waals surface area contributed by atoms with Crippen LogP contribution in [0, 0.1) is 0 Å². The van der Waals surface area contributed by atoms with Gasteiger partial charge < -0.3 is 20.1 Å². The fourth-order valence-electron chi connectivity index (χ4n) is 1.96. The van der Waals surface area contributed by atoms with Crippen molar-refractivity contribution in [1.82, 2.24) is 4.98 Å². The van der Waals surface area contributed by atoms with Crippen molar-refractivity contribution in [3.05, 3.63) is 40.7 Å². The van der Waals surface area contributed by atoms with E-state index < -0.39 is 0 Å². The van der Waals surface area contributed by atoms with Crippen LogP contribution >= 0.6 is 0 Å². The van der Waals surface area contributed by atoms with E-state index in [0.29, 0.717) is 24.3 Å². The molecule has 0 aliphatic rings. The molecule has 1 heterocycles. The van der Waals surface area contributed by atoms with Crippen LogP contribution in [0.4, 0.5) is 5.82 Å². The third-order valence-corrected chi connectivity index (χ3v) is 2.82. The van der Waals surface area contributed by atoms with Gasteiger partial charge in [-0.15, -0.1) is 0 Å². The molecule has 0 aliphatic heterocycles. The lowest BCUT2D eigenvalue weighted by Gasteiger charge is -2.22. The standard InChI is InChI=1S/C13H16N2O3/c16-7-5-15(6-8-17)12-9-10-3-1-2-4-11(10)13(18)14-12/h1-4,9,16-17H,5-8H2,(H,14,18). The quantitative estimate of drug-likeness (QED) is 0.712. The molecule has 0 spiro atoms. The van der Waals surface area contributed by atoms with Crippen LogP contribution in [-0.4, -0.2) is 41.5 Å². The number of pyridine rings is 1. The van der Waals surface area contributed by atoms with E-state index in [1.807, 2.05) is 24.3 Å². The average molecular weight is 248 g/mol. The zero-order valence-electron chi connectivity index (χ0n) is 9.97. The second-order valence-electron chi connectivity index (χ2n) is 4.01. The molecule has 0 atom stereocenters. The van der Waals surface area contributed by atoms with Crippen LogP contribution in [0.25, 0.3) is 10.8 Å². The van der Waals surface area contributed by atoms with Gasteiger partial charge >= 0.3 is 0 Å². The highest BCUT2D eigenvalue weighted by Crippen LogP contribution is 2.15. The summed E-state index contributed by atoms with van der Waals surface area (Å²) in [5, 5.41) is 19.5. The van der Waals surface area contributed by atoms with E-state index in [1.54, 1.807) is 11.0 Å². The maximum absolute atomic E-state index is 11.9. The molecule has 3 N–H and O–H groups in total. The molecule has 0 fully saturated rings. The number of H-pyrrole nitrogens is 1. The predicted molar refractivity (Wildman–Crippen MR) is 71.0 cm³/mol. The Hall–Kier alpha value is -1.85. The normalized spacial score (nSPS) is 10.8. The Kier molecular flexibility index (Phi) is 3.96. The highest BCUT2D eigenvalue weighted by Gasteiger charge is 2.08. The van der Waals surface area contributed by atoms with Crippen molar-refractivity contribution in [3.8, 4) is 0 Å². The summed E-state index contributed by atoms with van der Waals surface area (Å²) in [7, 11) is 0. The summed E-state index contributed by atoms with van der Waals surface area (Å²) in [5.41, 5.74) is -0.163. The molecule has 1 aromatic carbocycles. The van der Waals surface area contributed by atoms with Gasteiger partial charge in [-0.3, -0.25) is 4.79 Å². The topological polar surface area (TPSA) is 76.6 Å². The minimum absolute atomic E-state index is 0.0329. The molecule has 18 heavy (non-hydrogen) atoms. The van der Waals surface area contributed by atoms with Crippen molar-refractivity contribution in [2.75, 3.05) is 31.2 Å². The van der Waals surface area contributed by atoms with Crippen LogP contribution in [-0.2, 0) is 0 Å². The Balaban J connectivity index is 2.47. The molecular formula is C13H16N2O3. The van der Waals surface area contributed by atoms with Crippen molar-refractivity contribution in [1.29, 1.82) is 0 Å². The van der Waals surface area contributed by atoms with Crippen LogP contribution in [0.1, 0.15) is 0 Å². The van der Waals surface area contributed by atoms with Gasteiger partial charge in [-0.2, -0.15) is 0 Å². The maximum Gasteiger partial charge on any atom is 0.257 e. The van der Waals surface area contributed by atoms with E-state index in [0.717, 1.165) is 5.39 Å². The number of aliphatic hydroxyl groups excluding tert-OH is 2. The van der Waals surface area contributed by atoms with Crippen molar-refractivity contribution in [2.24, 2.45) is 0 Å². The summed E-state index contributed by atoms with van der Waals surface area (Å²) < 4.78 is 0. The summed E-state index contributed by atoms with van der Waals surface area (Å²) in [6, 6.07) is 9.16. The number of aromatic amines is 1. The summed E-state index contributed by atoms with van der Waals surface area (Å²) in [4.78, 5) is 16.4. The van der Waals surface area contributed by atoms with Gasteiger partial charge in [0, 0.05) is 18.5 Å².